The number of halogens is 1. The molecule has 27 heavy (non-hydrogen) atoms. The summed E-state index contributed by atoms with van der Waals surface area (Å²) < 4.78 is 2.00. The third kappa shape index (κ3) is 3.73. The standard InChI is InChI=1S/C20H19ClN4OS/c1-24-11-23-19(20(24)27-18-8-7-15(21)10-22-18)14-5-3-13(4-6-14)16-9-17(16)25(2)12-26/h3-8,10-12,16-17H,9H2,1-2H3/t16-,17-/m0/s1. The van der Waals surface area contributed by atoms with Crippen LogP contribution in [0.1, 0.15) is 17.9 Å². The van der Waals surface area contributed by atoms with Crippen molar-refractivity contribution in [2.75, 3.05) is 7.05 Å². The van der Waals surface area contributed by atoms with Gasteiger partial charge >= 0.3 is 0 Å². The molecule has 138 valence electrons. The summed E-state index contributed by atoms with van der Waals surface area (Å²) in [4.78, 5) is 21.6. The molecule has 4 rings (SSSR count). The Hall–Kier alpha value is -2.31. The van der Waals surface area contributed by atoms with Crippen LogP contribution in [-0.2, 0) is 11.8 Å². The highest BCUT2D eigenvalue weighted by Crippen LogP contribution is 2.44. The number of hydrogen-bond donors (Lipinski definition) is 0. The Morgan fingerprint density at radius 1 is 1.22 bits per heavy atom. The lowest BCUT2D eigenvalue weighted by molar-refractivity contribution is -0.117. The molecule has 1 amide bonds. The van der Waals surface area contributed by atoms with Gasteiger partial charge in [0.15, 0.2) is 0 Å². The van der Waals surface area contributed by atoms with E-state index in [0.717, 1.165) is 34.1 Å². The van der Waals surface area contributed by atoms with Gasteiger partial charge in [-0.15, -0.1) is 0 Å². The summed E-state index contributed by atoms with van der Waals surface area (Å²) in [7, 11) is 3.82. The van der Waals surface area contributed by atoms with Gasteiger partial charge < -0.3 is 9.47 Å². The van der Waals surface area contributed by atoms with Crippen molar-refractivity contribution in [2.45, 2.75) is 28.4 Å². The SMILES string of the molecule is CN(C=O)[C@H]1C[C@H]1c1ccc(-c2ncn(C)c2Sc2ccc(Cl)cn2)cc1. The van der Waals surface area contributed by atoms with Gasteiger partial charge in [0.05, 0.1) is 11.3 Å². The highest BCUT2D eigenvalue weighted by Gasteiger charge is 2.41. The summed E-state index contributed by atoms with van der Waals surface area (Å²) in [6.45, 7) is 0. The van der Waals surface area contributed by atoms with Crippen molar-refractivity contribution in [2.24, 2.45) is 7.05 Å². The van der Waals surface area contributed by atoms with E-state index in [0.29, 0.717) is 17.0 Å². The number of rotatable bonds is 6. The second-order valence-corrected chi connectivity index (χ2v) is 8.17. The lowest BCUT2D eigenvalue weighted by atomic mass is 10.1. The van der Waals surface area contributed by atoms with Crippen molar-refractivity contribution >= 4 is 29.8 Å². The summed E-state index contributed by atoms with van der Waals surface area (Å²) in [5.41, 5.74) is 3.27. The van der Waals surface area contributed by atoms with E-state index in [1.807, 2.05) is 37.1 Å². The van der Waals surface area contributed by atoms with Crippen molar-refractivity contribution in [1.82, 2.24) is 19.4 Å². The molecule has 0 unspecified atom stereocenters. The zero-order valence-electron chi connectivity index (χ0n) is 15.0. The first-order valence-electron chi connectivity index (χ1n) is 8.65. The number of carbonyl (C=O) groups is 1. The molecule has 0 saturated heterocycles. The molecule has 3 aromatic rings. The molecule has 5 nitrogen and oxygen atoms in total. The molecule has 1 fully saturated rings. The van der Waals surface area contributed by atoms with Gasteiger partial charge in [-0.1, -0.05) is 35.9 Å². The van der Waals surface area contributed by atoms with Crippen LogP contribution in [0.2, 0.25) is 5.02 Å². The Bertz CT molecular complexity index is 955. The molecule has 1 saturated carbocycles. The molecular weight excluding hydrogens is 380 g/mol. The number of hydrogen-bond acceptors (Lipinski definition) is 4. The molecule has 1 aromatic carbocycles. The van der Waals surface area contributed by atoms with Crippen LogP contribution < -0.4 is 0 Å². The highest BCUT2D eigenvalue weighted by molar-refractivity contribution is 7.99. The van der Waals surface area contributed by atoms with Crippen LogP contribution >= 0.6 is 23.4 Å². The van der Waals surface area contributed by atoms with E-state index in [-0.39, 0.29) is 0 Å². The van der Waals surface area contributed by atoms with Crippen LogP contribution in [0, 0.1) is 0 Å². The quantitative estimate of drug-likeness (QED) is 0.583. The fraction of sp³-hybridized carbons (Fsp3) is 0.250. The molecule has 2 aromatic heterocycles. The van der Waals surface area contributed by atoms with E-state index < -0.39 is 0 Å². The Labute approximate surface area is 167 Å². The number of benzene rings is 1. The van der Waals surface area contributed by atoms with Gasteiger partial charge in [-0.25, -0.2) is 9.97 Å². The minimum absolute atomic E-state index is 0.324. The van der Waals surface area contributed by atoms with Crippen molar-refractivity contribution in [3.05, 3.63) is 59.5 Å². The van der Waals surface area contributed by atoms with Crippen LogP contribution in [0.15, 0.2) is 59.0 Å². The third-order valence-corrected chi connectivity index (χ3v) is 6.19. The van der Waals surface area contributed by atoms with E-state index in [4.69, 9.17) is 11.6 Å². The minimum Gasteiger partial charge on any atom is -0.345 e. The number of nitrogens with zero attached hydrogens (tertiary/aromatic N) is 4. The molecule has 0 spiro atoms. The van der Waals surface area contributed by atoms with Gasteiger partial charge in [0.1, 0.15) is 15.7 Å². The molecule has 2 atom stereocenters. The maximum Gasteiger partial charge on any atom is 0.209 e. The van der Waals surface area contributed by atoms with Gasteiger partial charge in [-0.3, -0.25) is 4.79 Å². The lowest BCUT2D eigenvalue weighted by Crippen LogP contribution is -2.19. The zero-order chi connectivity index (χ0) is 19.0. The first kappa shape index (κ1) is 18.1. The van der Waals surface area contributed by atoms with Crippen molar-refractivity contribution in [1.29, 1.82) is 0 Å². The fourth-order valence-corrected chi connectivity index (χ4v) is 4.23. The monoisotopic (exact) mass is 398 g/mol. The van der Waals surface area contributed by atoms with Crippen LogP contribution in [0.25, 0.3) is 11.3 Å². The van der Waals surface area contributed by atoms with E-state index in [9.17, 15) is 4.79 Å². The molecule has 0 radical (unpaired) electrons. The van der Waals surface area contributed by atoms with E-state index in [1.54, 1.807) is 22.9 Å². The maximum atomic E-state index is 10.9. The summed E-state index contributed by atoms with van der Waals surface area (Å²) in [6.07, 6.45) is 5.40. The third-order valence-electron chi connectivity index (χ3n) is 4.84. The number of pyridine rings is 1. The van der Waals surface area contributed by atoms with Gasteiger partial charge in [-0.05, 0) is 35.9 Å². The molecule has 1 aliphatic carbocycles. The van der Waals surface area contributed by atoms with Crippen LogP contribution in [0.3, 0.4) is 0 Å². The number of likely N-dealkylation sites (N-methyl/N-ethyl adjacent to an activating group) is 1. The summed E-state index contributed by atoms with van der Waals surface area (Å²) in [5, 5.41) is 2.53. The average molecular weight is 399 g/mol. The molecule has 1 aliphatic rings. The second-order valence-electron chi connectivity index (χ2n) is 6.73. The molecule has 0 aliphatic heterocycles. The van der Waals surface area contributed by atoms with Gasteiger partial charge in [0.25, 0.3) is 0 Å². The topological polar surface area (TPSA) is 51.0 Å². The highest BCUT2D eigenvalue weighted by atomic mass is 35.5. The Kier molecular flexibility index (Phi) is 4.93. The molecule has 2 heterocycles. The van der Waals surface area contributed by atoms with Gasteiger partial charge in [0.2, 0.25) is 6.41 Å². The predicted octanol–water partition coefficient (Wildman–Crippen LogP) is 4.23. The molecule has 7 heteroatoms. The second kappa shape index (κ2) is 7.37. The van der Waals surface area contributed by atoms with Gasteiger partial charge in [0, 0.05) is 37.8 Å². The Morgan fingerprint density at radius 3 is 2.67 bits per heavy atom. The molecule has 0 bridgehead atoms. The summed E-state index contributed by atoms with van der Waals surface area (Å²) >= 11 is 7.49. The van der Waals surface area contributed by atoms with Crippen LogP contribution in [-0.4, -0.2) is 38.9 Å². The van der Waals surface area contributed by atoms with E-state index in [1.165, 1.54) is 5.56 Å². The predicted molar refractivity (Wildman–Crippen MR) is 107 cm³/mol. The van der Waals surface area contributed by atoms with Crippen molar-refractivity contribution in [3.63, 3.8) is 0 Å². The first-order chi connectivity index (χ1) is 13.1. The largest absolute Gasteiger partial charge is 0.345 e. The zero-order valence-corrected chi connectivity index (χ0v) is 16.6. The summed E-state index contributed by atoms with van der Waals surface area (Å²) in [5.74, 6) is 0.435. The van der Waals surface area contributed by atoms with Gasteiger partial charge in [-0.2, -0.15) is 0 Å². The maximum absolute atomic E-state index is 10.9. The fourth-order valence-electron chi connectivity index (χ4n) is 3.22. The number of aryl methyl sites for hydroxylation is 1. The number of imidazole rings is 1. The van der Waals surface area contributed by atoms with Crippen LogP contribution in [0.5, 0.6) is 0 Å². The number of aromatic nitrogens is 3. The Morgan fingerprint density at radius 2 is 2.00 bits per heavy atom. The minimum atomic E-state index is 0.324. The molecular formula is C20H19ClN4OS. The summed E-state index contributed by atoms with van der Waals surface area (Å²) in [6, 6.07) is 12.6. The number of amides is 1. The molecule has 0 N–H and O–H groups in total. The Balaban J connectivity index is 1.56. The average Bonchev–Trinajstić information content (AvgIpc) is 3.41. The van der Waals surface area contributed by atoms with Crippen LogP contribution in [0.4, 0.5) is 0 Å². The first-order valence-corrected chi connectivity index (χ1v) is 9.84. The van der Waals surface area contributed by atoms with Crippen molar-refractivity contribution < 1.29 is 4.79 Å². The smallest absolute Gasteiger partial charge is 0.209 e. The van der Waals surface area contributed by atoms with Crippen molar-refractivity contribution in [3.8, 4) is 11.3 Å². The van der Waals surface area contributed by atoms with E-state index in [2.05, 4.69) is 34.2 Å². The normalized spacial score (nSPS) is 18.3. The van der Waals surface area contributed by atoms with E-state index >= 15 is 0 Å². The number of carbonyl (C=O) groups excluding carboxylic acids is 1. The lowest BCUT2D eigenvalue weighted by Gasteiger charge is -2.10.